The zero-order valence-electron chi connectivity index (χ0n) is 12.4. The number of fused-ring (bicyclic) bond motifs is 2. The third-order valence-electron chi connectivity index (χ3n) is 5.23. The van der Waals surface area contributed by atoms with E-state index in [0.29, 0.717) is 22.9 Å². The van der Waals surface area contributed by atoms with Gasteiger partial charge in [-0.3, -0.25) is 4.79 Å². The summed E-state index contributed by atoms with van der Waals surface area (Å²) in [5.74, 6) is 1.30. The van der Waals surface area contributed by atoms with Crippen molar-refractivity contribution >= 4 is 23.2 Å². The van der Waals surface area contributed by atoms with Crippen molar-refractivity contribution in [2.45, 2.75) is 45.1 Å². The molecule has 3 rings (SSSR count). The van der Waals surface area contributed by atoms with Gasteiger partial charge in [0, 0.05) is 22.7 Å². The van der Waals surface area contributed by atoms with Crippen molar-refractivity contribution in [2.75, 3.05) is 5.32 Å². The summed E-state index contributed by atoms with van der Waals surface area (Å²) in [6.45, 7) is 1.97. The minimum Gasteiger partial charge on any atom is -0.327 e. The van der Waals surface area contributed by atoms with Crippen LogP contribution in [0.1, 0.15) is 37.7 Å². The van der Waals surface area contributed by atoms with E-state index in [4.69, 9.17) is 17.3 Å². The molecule has 2 saturated carbocycles. The first kappa shape index (κ1) is 14.9. The van der Waals surface area contributed by atoms with Gasteiger partial charge in [-0.25, -0.2) is 0 Å². The van der Waals surface area contributed by atoms with Crippen molar-refractivity contribution in [3.05, 3.63) is 28.8 Å². The Morgan fingerprint density at radius 3 is 2.57 bits per heavy atom. The van der Waals surface area contributed by atoms with E-state index in [2.05, 4.69) is 5.32 Å². The molecule has 4 heteroatoms. The van der Waals surface area contributed by atoms with Gasteiger partial charge in [-0.1, -0.05) is 18.0 Å². The lowest BCUT2D eigenvalue weighted by atomic mass is 9.65. The average Bonchev–Trinajstić information content (AvgIpc) is 2.41. The van der Waals surface area contributed by atoms with E-state index < -0.39 is 0 Å². The smallest absolute Gasteiger partial charge is 0.227 e. The lowest BCUT2D eigenvalue weighted by molar-refractivity contribution is -0.122. The molecule has 0 radical (unpaired) electrons. The summed E-state index contributed by atoms with van der Waals surface area (Å²) in [6, 6.07) is 5.88. The molecule has 1 aromatic carbocycles. The highest BCUT2D eigenvalue weighted by molar-refractivity contribution is 6.30. The van der Waals surface area contributed by atoms with Crippen LogP contribution in [-0.2, 0) is 4.79 Å². The van der Waals surface area contributed by atoms with E-state index in [1.807, 2.05) is 25.1 Å². The van der Waals surface area contributed by atoms with E-state index in [9.17, 15) is 4.79 Å². The highest BCUT2D eigenvalue weighted by atomic mass is 35.5. The average molecular weight is 307 g/mol. The first-order valence-corrected chi connectivity index (χ1v) is 8.25. The van der Waals surface area contributed by atoms with Gasteiger partial charge in [-0.15, -0.1) is 0 Å². The van der Waals surface area contributed by atoms with Crippen LogP contribution >= 0.6 is 11.6 Å². The molecule has 114 valence electrons. The first-order chi connectivity index (χ1) is 10.0. The Hall–Kier alpha value is -1.06. The molecule has 1 amide bonds. The maximum absolute atomic E-state index is 12.6. The maximum atomic E-state index is 12.6. The largest absolute Gasteiger partial charge is 0.327 e. The number of rotatable bonds is 2. The molecule has 2 unspecified atom stereocenters. The van der Waals surface area contributed by atoms with Crippen molar-refractivity contribution in [3.63, 3.8) is 0 Å². The molecule has 1 aromatic rings. The first-order valence-electron chi connectivity index (χ1n) is 7.87. The van der Waals surface area contributed by atoms with E-state index in [-0.39, 0.29) is 11.8 Å². The Balaban J connectivity index is 1.68. The van der Waals surface area contributed by atoms with Crippen LogP contribution in [0.5, 0.6) is 0 Å². The zero-order valence-corrected chi connectivity index (χ0v) is 13.2. The van der Waals surface area contributed by atoms with Crippen molar-refractivity contribution < 1.29 is 4.79 Å². The van der Waals surface area contributed by atoms with Crippen molar-refractivity contribution in [3.8, 4) is 0 Å². The second-order valence-electron chi connectivity index (χ2n) is 6.65. The Morgan fingerprint density at radius 2 is 1.95 bits per heavy atom. The molecule has 2 bridgehead atoms. The number of anilines is 1. The van der Waals surface area contributed by atoms with Gasteiger partial charge in [0.2, 0.25) is 5.91 Å². The normalized spacial score (nSPS) is 31.8. The molecule has 3 nitrogen and oxygen atoms in total. The summed E-state index contributed by atoms with van der Waals surface area (Å²) in [5, 5.41) is 3.77. The summed E-state index contributed by atoms with van der Waals surface area (Å²) >= 11 is 5.96. The minimum absolute atomic E-state index is 0.107. The molecule has 2 aliphatic carbocycles. The van der Waals surface area contributed by atoms with Crippen molar-refractivity contribution in [1.29, 1.82) is 0 Å². The predicted octanol–water partition coefficient (Wildman–Crippen LogP) is 3.74. The Morgan fingerprint density at radius 1 is 1.29 bits per heavy atom. The summed E-state index contributed by atoms with van der Waals surface area (Å²) in [5.41, 5.74) is 8.16. The van der Waals surface area contributed by atoms with Gasteiger partial charge in [-0.2, -0.15) is 0 Å². The van der Waals surface area contributed by atoms with E-state index in [0.717, 1.165) is 24.1 Å². The highest BCUT2D eigenvalue weighted by Gasteiger charge is 2.40. The van der Waals surface area contributed by atoms with Gasteiger partial charge < -0.3 is 11.1 Å². The second-order valence-corrected chi connectivity index (χ2v) is 7.08. The number of carbonyl (C=O) groups is 1. The summed E-state index contributed by atoms with van der Waals surface area (Å²) in [6.07, 6.45) is 5.52. The molecule has 2 fully saturated rings. The molecule has 2 atom stereocenters. The molecule has 0 aromatic heterocycles. The van der Waals surface area contributed by atoms with Gasteiger partial charge in [0.15, 0.2) is 0 Å². The third-order valence-corrected chi connectivity index (χ3v) is 5.47. The molecule has 2 aliphatic rings. The van der Waals surface area contributed by atoms with Crippen LogP contribution in [0.2, 0.25) is 5.02 Å². The minimum atomic E-state index is 0.107. The van der Waals surface area contributed by atoms with Crippen LogP contribution in [0.25, 0.3) is 0 Å². The SMILES string of the molecule is Cc1cc(Cl)ccc1NC(=O)C1CC2CCCC(C1)C2N. The molecule has 0 spiro atoms. The van der Waals surface area contributed by atoms with E-state index >= 15 is 0 Å². The monoisotopic (exact) mass is 306 g/mol. The van der Waals surface area contributed by atoms with Gasteiger partial charge in [0.25, 0.3) is 0 Å². The molecular formula is C17H23ClN2O. The molecule has 0 aliphatic heterocycles. The molecule has 0 heterocycles. The number of aryl methyl sites for hydroxylation is 1. The van der Waals surface area contributed by atoms with Crippen LogP contribution in [-0.4, -0.2) is 11.9 Å². The molecule has 21 heavy (non-hydrogen) atoms. The van der Waals surface area contributed by atoms with Gasteiger partial charge in [-0.05, 0) is 68.2 Å². The fraction of sp³-hybridized carbons (Fsp3) is 0.588. The third kappa shape index (κ3) is 3.09. The zero-order chi connectivity index (χ0) is 15.0. The lowest BCUT2D eigenvalue weighted by Crippen LogP contribution is -2.48. The lowest BCUT2D eigenvalue weighted by Gasteiger charge is -2.43. The number of nitrogens with one attached hydrogen (secondary N) is 1. The predicted molar refractivity (Wildman–Crippen MR) is 86.3 cm³/mol. The Labute approximate surface area is 131 Å². The van der Waals surface area contributed by atoms with E-state index in [1.165, 1.54) is 19.3 Å². The number of nitrogens with two attached hydrogens (primary N) is 1. The Kier molecular flexibility index (Phi) is 4.23. The summed E-state index contributed by atoms with van der Waals surface area (Å²) in [4.78, 5) is 12.6. The fourth-order valence-electron chi connectivity index (χ4n) is 4.01. The van der Waals surface area contributed by atoms with Crippen molar-refractivity contribution in [1.82, 2.24) is 0 Å². The second kappa shape index (κ2) is 5.98. The van der Waals surface area contributed by atoms with Crippen LogP contribution in [0.4, 0.5) is 5.69 Å². The Bertz CT molecular complexity index is 532. The van der Waals surface area contributed by atoms with Crippen LogP contribution in [0.15, 0.2) is 18.2 Å². The quantitative estimate of drug-likeness (QED) is 0.874. The van der Waals surface area contributed by atoms with Crippen LogP contribution in [0.3, 0.4) is 0 Å². The molecular weight excluding hydrogens is 284 g/mol. The standard InChI is InChI=1S/C17H23ClN2O/c1-10-7-14(18)5-6-15(10)20-17(21)13-8-11-3-2-4-12(9-13)16(11)19/h5-7,11-13,16H,2-4,8-9,19H2,1H3,(H,20,21). The van der Waals surface area contributed by atoms with Crippen LogP contribution < -0.4 is 11.1 Å². The van der Waals surface area contributed by atoms with E-state index in [1.54, 1.807) is 0 Å². The number of hydrogen-bond acceptors (Lipinski definition) is 2. The fourth-order valence-corrected chi connectivity index (χ4v) is 4.23. The molecule has 0 saturated heterocycles. The number of benzene rings is 1. The van der Waals surface area contributed by atoms with Crippen molar-refractivity contribution in [2.24, 2.45) is 23.5 Å². The number of halogens is 1. The highest BCUT2D eigenvalue weighted by Crippen LogP contribution is 2.42. The topological polar surface area (TPSA) is 55.1 Å². The number of carbonyl (C=O) groups excluding carboxylic acids is 1. The van der Waals surface area contributed by atoms with Gasteiger partial charge in [0.05, 0.1) is 0 Å². The van der Waals surface area contributed by atoms with Gasteiger partial charge >= 0.3 is 0 Å². The maximum Gasteiger partial charge on any atom is 0.227 e. The number of amides is 1. The molecule has 3 N–H and O–H groups in total. The van der Waals surface area contributed by atoms with Crippen LogP contribution in [0, 0.1) is 24.7 Å². The van der Waals surface area contributed by atoms with Gasteiger partial charge in [0.1, 0.15) is 0 Å². The summed E-state index contributed by atoms with van der Waals surface area (Å²) in [7, 11) is 0. The summed E-state index contributed by atoms with van der Waals surface area (Å²) < 4.78 is 0. The number of hydrogen-bond donors (Lipinski definition) is 2.